The Kier molecular flexibility index (Phi) is 3.39. The molecule has 0 saturated heterocycles. The van der Waals surface area contributed by atoms with Gasteiger partial charge in [0, 0.05) is 0 Å². The summed E-state index contributed by atoms with van der Waals surface area (Å²) in [6.45, 7) is 0. The van der Waals surface area contributed by atoms with E-state index in [1.807, 2.05) is 0 Å². The lowest BCUT2D eigenvalue weighted by atomic mass is 10.2. The first-order valence-electron chi connectivity index (χ1n) is 4.08. The van der Waals surface area contributed by atoms with Crippen molar-refractivity contribution < 1.29 is 22.8 Å². The van der Waals surface area contributed by atoms with Crippen molar-refractivity contribution in [1.82, 2.24) is 0 Å². The summed E-state index contributed by atoms with van der Waals surface area (Å²) >= 11 is 0. The van der Waals surface area contributed by atoms with Crippen LogP contribution in [0.2, 0.25) is 0 Å². The van der Waals surface area contributed by atoms with Crippen molar-refractivity contribution in [3.63, 3.8) is 0 Å². The van der Waals surface area contributed by atoms with Crippen molar-refractivity contribution >= 4 is 10.1 Å². The van der Waals surface area contributed by atoms with Gasteiger partial charge in [-0.25, -0.2) is 0 Å². The van der Waals surface area contributed by atoms with Crippen LogP contribution in [0.4, 0.5) is 0 Å². The minimum Gasteiger partial charge on any atom is -0.282 e. The van der Waals surface area contributed by atoms with Crippen molar-refractivity contribution in [2.75, 3.05) is 0 Å². The number of nitrogens with zero attached hydrogens (tertiary/aromatic N) is 2. The van der Waals surface area contributed by atoms with Gasteiger partial charge in [0.2, 0.25) is 0 Å². The minimum absolute atomic E-state index is 0.285. The first-order chi connectivity index (χ1) is 7.73. The quantitative estimate of drug-likeness (QED) is 0.360. The third-order valence-electron chi connectivity index (χ3n) is 1.88. The molecule has 1 rings (SSSR count). The molecule has 0 aromatic heterocycles. The number of benzene rings is 1. The molecule has 0 radical (unpaired) electrons. The number of hydrogen-bond acceptors (Lipinski definition) is 6. The van der Waals surface area contributed by atoms with Crippen LogP contribution in [0, 0.1) is 20.2 Å². The second kappa shape index (κ2) is 4.43. The average Bonchev–Trinajstić information content (AvgIpc) is 2.15. The Morgan fingerprint density at radius 1 is 1.06 bits per heavy atom. The molecule has 0 fully saturated rings. The van der Waals surface area contributed by atoms with Gasteiger partial charge in [0.25, 0.3) is 10.1 Å². The summed E-state index contributed by atoms with van der Waals surface area (Å²) in [5.41, 5.74) is -0.285. The van der Waals surface area contributed by atoms with Crippen LogP contribution >= 0.6 is 0 Å². The van der Waals surface area contributed by atoms with Crippen LogP contribution in [0.25, 0.3) is 0 Å². The maximum absolute atomic E-state index is 10.7. The monoisotopic (exact) mass is 262 g/mol. The van der Waals surface area contributed by atoms with E-state index in [1.54, 1.807) is 0 Å². The molecule has 0 atom stereocenters. The van der Waals surface area contributed by atoms with E-state index in [1.165, 1.54) is 0 Å². The van der Waals surface area contributed by atoms with Gasteiger partial charge in [0.15, 0.2) is 0 Å². The maximum Gasteiger partial charge on any atom is 0.476 e. The molecule has 1 aromatic carbocycles. The highest BCUT2D eigenvalue weighted by molar-refractivity contribution is 7.85. The van der Waals surface area contributed by atoms with Gasteiger partial charge in [-0.15, -0.1) is 0 Å². The van der Waals surface area contributed by atoms with Crippen molar-refractivity contribution in [1.29, 1.82) is 0 Å². The van der Waals surface area contributed by atoms with Crippen molar-refractivity contribution in [2.24, 2.45) is 0 Å². The lowest BCUT2D eigenvalue weighted by Crippen LogP contribution is -2.19. The molecule has 0 bridgehead atoms. The first-order valence-corrected chi connectivity index (χ1v) is 5.52. The van der Waals surface area contributed by atoms with E-state index in [0.29, 0.717) is 0 Å². The Labute approximate surface area is 94.7 Å². The molecule has 17 heavy (non-hydrogen) atoms. The Hall–Kier alpha value is -2.07. The van der Waals surface area contributed by atoms with Gasteiger partial charge < -0.3 is 0 Å². The van der Waals surface area contributed by atoms with E-state index in [4.69, 9.17) is 4.55 Å². The van der Waals surface area contributed by atoms with Crippen LogP contribution in [0.3, 0.4) is 0 Å². The molecule has 0 spiro atoms. The van der Waals surface area contributed by atoms with Crippen LogP contribution < -0.4 is 0 Å². The van der Waals surface area contributed by atoms with E-state index in [0.717, 1.165) is 24.3 Å². The molecule has 0 unspecified atom stereocenters. The van der Waals surface area contributed by atoms with E-state index >= 15 is 0 Å². The number of nitro groups is 2. The highest BCUT2D eigenvalue weighted by Gasteiger charge is 2.34. The molecule has 0 amide bonds. The van der Waals surface area contributed by atoms with Gasteiger partial charge in [0.1, 0.15) is 15.4 Å². The molecule has 0 aliphatic rings. The lowest BCUT2D eigenvalue weighted by molar-refractivity contribution is -0.752. The average molecular weight is 262 g/mol. The Bertz CT molecular complexity index is 536. The van der Waals surface area contributed by atoms with Crippen LogP contribution in [-0.2, 0) is 10.1 Å². The standard InChI is InChI=1S/C7H6N2O7S/c10-8(11)7(9(12)13)5-1-3-6(4-2-5)17(14,15)16/h1-4,7H,(H,14,15,16). The second-order valence-electron chi connectivity index (χ2n) is 2.99. The molecule has 10 heteroatoms. The molecule has 0 aliphatic carbocycles. The van der Waals surface area contributed by atoms with Crippen molar-refractivity contribution in [2.45, 2.75) is 11.1 Å². The Morgan fingerprint density at radius 2 is 1.47 bits per heavy atom. The maximum atomic E-state index is 10.7. The zero-order valence-electron chi connectivity index (χ0n) is 8.09. The van der Waals surface area contributed by atoms with Crippen LogP contribution in [0.5, 0.6) is 0 Å². The van der Waals surface area contributed by atoms with E-state index in [9.17, 15) is 28.6 Å². The predicted molar refractivity (Wildman–Crippen MR) is 53.0 cm³/mol. The van der Waals surface area contributed by atoms with Gasteiger partial charge in [-0.2, -0.15) is 8.42 Å². The Morgan fingerprint density at radius 3 is 1.76 bits per heavy atom. The largest absolute Gasteiger partial charge is 0.476 e. The van der Waals surface area contributed by atoms with Crippen molar-refractivity contribution in [3.05, 3.63) is 50.1 Å². The Balaban J connectivity index is 3.18. The zero-order chi connectivity index (χ0) is 13.2. The van der Waals surface area contributed by atoms with Gasteiger partial charge >= 0.3 is 6.17 Å². The minimum atomic E-state index is -4.43. The van der Waals surface area contributed by atoms with Crippen LogP contribution in [-0.4, -0.2) is 22.8 Å². The fourth-order valence-electron chi connectivity index (χ4n) is 1.13. The number of rotatable bonds is 4. The second-order valence-corrected chi connectivity index (χ2v) is 4.41. The fourth-order valence-corrected chi connectivity index (χ4v) is 1.61. The lowest BCUT2D eigenvalue weighted by Gasteiger charge is -2.02. The fraction of sp³-hybridized carbons (Fsp3) is 0.143. The summed E-state index contributed by atoms with van der Waals surface area (Å²) < 4.78 is 30.0. The molecular formula is C7H6N2O7S. The van der Waals surface area contributed by atoms with E-state index in [2.05, 4.69) is 0 Å². The van der Waals surface area contributed by atoms with E-state index in [-0.39, 0.29) is 5.56 Å². The zero-order valence-corrected chi connectivity index (χ0v) is 8.90. The SMILES string of the molecule is O=[N+]([O-])C(c1ccc(S(=O)(=O)O)cc1)[N+](=O)[O-]. The topological polar surface area (TPSA) is 141 Å². The molecule has 1 N–H and O–H groups in total. The summed E-state index contributed by atoms with van der Waals surface area (Å²) in [5, 5.41) is 20.8. The third-order valence-corrected chi connectivity index (χ3v) is 2.74. The molecule has 1 aromatic rings. The van der Waals surface area contributed by atoms with Gasteiger partial charge in [-0.05, 0) is 24.3 Å². The normalized spacial score (nSPS) is 11.4. The molecule has 0 aliphatic heterocycles. The van der Waals surface area contributed by atoms with Gasteiger partial charge in [0.05, 0.1) is 4.90 Å². The smallest absolute Gasteiger partial charge is 0.282 e. The molecule has 0 heterocycles. The highest BCUT2D eigenvalue weighted by Crippen LogP contribution is 2.19. The molecule has 92 valence electrons. The van der Waals surface area contributed by atoms with E-state index < -0.39 is 31.0 Å². The van der Waals surface area contributed by atoms with Crippen LogP contribution in [0.15, 0.2) is 29.2 Å². The van der Waals surface area contributed by atoms with Gasteiger partial charge in [-0.3, -0.25) is 24.8 Å². The molecule has 0 saturated carbocycles. The summed E-state index contributed by atoms with van der Waals surface area (Å²) in [5.74, 6) is 0. The molecule has 9 nitrogen and oxygen atoms in total. The van der Waals surface area contributed by atoms with Gasteiger partial charge in [-0.1, -0.05) is 0 Å². The summed E-state index contributed by atoms with van der Waals surface area (Å²) in [6, 6.07) is 3.51. The summed E-state index contributed by atoms with van der Waals surface area (Å²) in [4.78, 5) is 18.1. The number of hydrogen-bond donors (Lipinski definition) is 1. The van der Waals surface area contributed by atoms with Crippen LogP contribution in [0.1, 0.15) is 11.7 Å². The van der Waals surface area contributed by atoms with Crippen molar-refractivity contribution in [3.8, 4) is 0 Å². The first kappa shape index (κ1) is 13.0. The third kappa shape index (κ3) is 2.95. The highest BCUT2D eigenvalue weighted by atomic mass is 32.2. The molecular weight excluding hydrogens is 256 g/mol. The summed E-state index contributed by atoms with van der Waals surface area (Å²) in [7, 11) is -4.43. The predicted octanol–water partition coefficient (Wildman–Crippen LogP) is 0.485. The summed E-state index contributed by atoms with van der Waals surface area (Å²) in [6.07, 6.45) is -2.16.